The normalized spacial score (nSPS) is 18.0. The van der Waals surface area contributed by atoms with Crippen molar-refractivity contribution in [2.45, 2.75) is 12.8 Å². The second kappa shape index (κ2) is 6.42. The summed E-state index contributed by atoms with van der Waals surface area (Å²) in [7, 11) is 0. The summed E-state index contributed by atoms with van der Waals surface area (Å²) in [6.45, 7) is 0.970. The first-order valence-electron chi connectivity index (χ1n) is 7.45. The molecule has 7 heteroatoms. The van der Waals surface area contributed by atoms with Gasteiger partial charge in [0, 0.05) is 18.7 Å². The minimum absolute atomic E-state index is 0.179. The number of aromatic nitrogens is 2. The highest BCUT2D eigenvalue weighted by Crippen LogP contribution is 2.27. The van der Waals surface area contributed by atoms with E-state index in [2.05, 4.69) is 10.2 Å². The van der Waals surface area contributed by atoms with Gasteiger partial charge in [-0.25, -0.2) is 0 Å². The van der Waals surface area contributed by atoms with Crippen LogP contribution >= 0.6 is 11.6 Å². The molecule has 3 rings (SSSR count). The number of hydrogen-bond acceptors (Lipinski definition) is 3. The molecule has 2 amide bonds. The molecule has 1 aromatic heterocycles. The fourth-order valence-corrected chi connectivity index (χ4v) is 3.03. The van der Waals surface area contributed by atoms with Crippen LogP contribution in [0.2, 0.25) is 5.02 Å². The first kappa shape index (κ1) is 15.6. The van der Waals surface area contributed by atoms with Crippen LogP contribution < -0.4 is 5.73 Å². The van der Waals surface area contributed by atoms with Crippen LogP contribution in [0.1, 0.15) is 23.3 Å². The second-order valence-electron chi connectivity index (χ2n) is 5.64. The molecule has 6 nitrogen and oxygen atoms in total. The summed E-state index contributed by atoms with van der Waals surface area (Å²) in [4.78, 5) is 25.5. The number of hydrogen-bond donors (Lipinski definition) is 2. The molecule has 1 atom stereocenters. The molecule has 23 heavy (non-hydrogen) atoms. The number of benzene rings is 1. The zero-order chi connectivity index (χ0) is 16.4. The molecule has 0 bridgehead atoms. The fraction of sp³-hybridized carbons (Fsp3) is 0.312. The minimum atomic E-state index is -0.358. The Morgan fingerprint density at radius 2 is 2.13 bits per heavy atom. The lowest BCUT2D eigenvalue weighted by Crippen LogP contribution is -2.44. The quantitative estimate of drug-likeness (QED) is 0.901. The van der Waals surface area contributed by atoms with Gasteiger partial charge in [0.2, 0.25) is 5.91 Å². The zero-order valence-electron chi connectivity index (χ0n) is 12.5. The van der Waals surface area contributed by atoms with E-state index in [4.69, 9.17) is 17.3 Å². The standard InChI is InChI=1S/C16H17ClN4O2/c17-12-6-2-1-5-11(12)13-8-14(20-19-13)16(23)21-7-3-4-10(9-21)15(18)22/h1-2,5-6,8,10H,3-4,7,9H2,(H2,18,22)(H,19,20)/t10-/m1/s1. The van der Waals surface area contributed by atoms with Gasteiger partial charge < -0.3 is 10.6 Å². The molecular weight excluding hydrogens is 316 g/mol. The van der Waals surface area contributed by atoms with Crippen molar-refractivity contribution in [3.63, 3.8) is 0 Å². The average Bonchev–Trinajstić information content (AvgIpc) is 3.04. The van der Waals surface area contributed by atoms with E-state index < -0.39 is 0 Å². The van der Waals surface area contributed by atoms with Crippen LogP contribution in [0, 0.1) is 5.92 Å². The zero-order valence-corrected chi connectivity index (χ0v) is 13.2. The molecule has 2 heterocycles. The van der Waals surface area contributed by atoms with Crippen molar-refractivity contribution >= 4 is 23.4 Å². The van der Waals surface area contributed by atoms with Crippen LogP contribution in [0.5, 0.6) is 0 Å². The number of carbonyl (C=O) groups is 2. The molecule has 0 radical (unpaired) electrons. The van der Waals surface area contributed by atoms with Crippen molar-refractivity contribution in [2.24, 2.45) is 11.7 Å². The van der Waals surface area contributed by atoms with Crippen LogP contribution in [-0.4, -0.2) is 40.0 Å². The van der Waals surface area contributed by atoms with E-state index in [-0.39, 0.29) is 17.7 Å². The van der Waals surface area contributed by atoms with Gasteiger partial charge in [0.05, 0.1) is 16.6 Å². The van der Waals surface area contributed by atoms with Gasteiger partial charge in [-0.2, -0.15) is 5.10 Å². The predicted octanol–water partition coefficient (Wildman–Crippen LogP) is 2.07. The highest BCUT2D eigenvalue weighted by molar-refractivity contribution is 6.33. The maximum absolute atomic E-state index is 12.6. The van der Waals surface area contributed by atoms with Crippen molar-refractivity contribution in [1.29, 1.82) is 0 Å². The number of rotatable bonds is 3. The molecule has 1 aliphatic heterocycles. The molecule has 1 saturated heterocycles. The lowest BCUT2D eigenvalue weighted by atomic mass is 9.97. The van der Waals surface area contributed by atoms with Gasteiger partial charge in [0.1, 0.15) is 5.69 Å². The summed E-state index contributed by atoms with van der Waals surface area (Å²) in [5.74, 6) is -0.815. The van der Waals surface area contributed by atoms with E-state index in [1.54, 1.807) is 17.0 Å². The van der Waals surface area contributed by atoms with Gasteiger partial charge in [0.15, 0.2) is 0 Å². The smallest absolute Gasteiger partial charge is 0.271 e. The largest absolute Gasteiger partial charge is 0.369 e. The number of H-pyrrole nitrogens is 1. The average molecular weight is 333 g/mol. The maximum atomic E-state index is 12.6. The summed E-state index contributed by atoms with van der Waals surface area (Å²) in [5.41, 5.74) is 7.11. The van der Waals surface area contributed by atoms with Crippen molar-refractivity contribution in [3.8, 4) is 11.3 Å². The van der Waals surface area contributed by atoms with Crippen molar-refractivity contribution < 1.29 is 9.59 Å². The number of aromatic amines is 1. The van der Waals surface area contributed by atoms with Gasteiger partial charge in [-0.1, -0.05) is 29.8 Å². The molecule has 1 aromatic carbocycles. The first-order valence-corrected chi connectivity index (χ1v) is 7.83. The molecule has 0 unspecified atom stereocenters. The molecule has 0 spiro atoms. The first-order chi connectivity index (χ1) is 11.1. The second-order valence-corrected chi connectivity index (χ2v) is 6.05. The number of amides is 2. The van der Waals surface area contributed by atoms with E-state index in [1.807, 2.05) is 18.2 Å². The Labute approximate surface area is 138 Å². The van der Waals surface area contributed by atoms with Crippen LogP contribution in [0.15, 0.2) is 30.3 Å². The topological polar surface area (TPSA) is 92.1 Å². The summed E-state index contributed by atoms with van der Waals surface area (Å²) in [6, 6.07) is 8.99. The van der Waals surface area contributed by atoms with Crippen LogP contribution in [0.25, 0.3) is 11.3 Å². The van der Waals surface area contributed by atoms with Gasteiger partial charge in [-0.05, 0) is 25.0 Å². The lowest BCUT2D eigenvalue weighted by molar-refractivity contribution is -0.123. The van der Waals surface area contributed by atoms with E-state index in [0.29, 0.717) is 29.5 Å². The van der Waals surface area contributed by atoms with Gasteiger partial charge >= 0.3 is 0 Å². The Morgan fingerprint density at radius 1 is 1.35 bits per heavy atom. The summed E-state index contributed by atoms with van der Waals surface area (Å²) in [5, 5.41) is 7.50. The number of carbonyl (C=O) groups excluding carboxylic acids is 2. The van der Waals surface area contributed by atoms with Crippen LogP contribution in [0.4, 0.5) is 0 Å². The Bertz CT molecular complexity index is 743. The molecule has 1 fully saturated rings. The molecule has 3 N–H and O–H groups in total. The third-order valence-electron chi connectivity index (χ3n) is 4.07. The minimum Gasteiger partial charge on any atom is -0.369 e. The molecular formula is C16H17ClN4O2. The molecule has 1 aliphatic rings. The van der Waals surface area contributed by atoms with Crippen molar-refractivity contribution in [1.82, 2.24) is 15.1 Å². The van der Waals surface area contributed by atoms with E-state index in [9.17, 15) is 9.59 Å². The molecule has 0 aliphatic carbocycles. The number of nitrogens with zero attached hydrogens (tertiary/aromatic N) is 2. The van der Waals surface area contributed by atoms with E-state index >= 15 is 0 Å². The number of piperidine rings is 1. The maximum Gasteiger partial charge on any atom is 0.271 e. The highest BCUT2D eigenvalue weighted by atomic mass is 35.5. The summed E-state index contributed by atoms with van der Waals surface area (Å²) >= 11 is 6.15. The molecule has 0 saturated carbocycles. The lowest BCUT2D eigenvalue weighted by Gasteiger charge is -2.30. The number of nitrogens with one attached hydrogen (secondary N) is 1. The number of primary amides is 1. The van der Waals surface area contributed by atoms with E-state index in [0.717, 1.165) is 18.4 Å². The summed E-state index contributed by atoms with van der Waals surface area (Å²) < 4.78 is 0. The molecule has 120 valence electrons. The fourth-order valence-electron chi connectivity index (χ4n) is 2.80. The Kier molecular flexibility index (Phi) is 4.34. The Morgan fingerprint density at radius 3 is 2.87 bits per heavy atom. The highest BCUT2D eigenvalue weighted by Gasteiger charge is 2.28. The summed E-state index contributed by atoms with van der Waals surface area (Å²) in [6.07, 6.45) is 1.50. The molecule has 2 aromatic rings. The third kappa shape index (κ3) is 3.22. The number of halogens is 1. The van der Waals surface area contributed by atoms with Crippen LogP contribution in [-0.2, 0) is 4.79 Å². The van der Waals surface area contributed by atoms with Crippen molar-refractivity contribution in [3.05, 3.63) is 41.0 Å². The third-order valence-corrected chi connectivity index (χ3v) is 4.40. The van der Waals surface area contributed by atoms with E-state index in [1.165, 1.54) is 0 Å². The number of nitrogens with two attached hydrogens (primary N) is 1. The van der Waals surface area contributed by atoms with Crippen molar-refractivity contribution in [2.75, 3.05) is 13.1 Å². The monoisotopic (exact) mass is 332 g/mol. The van der Waals surface area contributed by atoms with Gasteiger partial charge in [-0.3, -0.25) is 14.7 Å². The number of likely N-dealkylation sites (tertiary alicyclic amines) is 1. The van der Waals surface area contributed by atoms with Crippen LogP contribution in [0.3, 0.4) is 0 Å². The Hall–Kier alpha value is -2.34. The predicted molar refractivity (Wildman–Crippen MR) is 86.9 cm³/mol. The van der Waals surface area contributed by atoms with Gasteiger partial charge in [-0.15, -0.1) is 0 Å². The SMILES string of the molecule is NC(=O)[C@@H]1CCCN(C(=O)c2cc(-c3ccccc3Cl)n[nH]2)C1. The Balaban J connectivity index is 1.79. The van der Waals surface area contributed by atoms with Gasteiger partial charge in [0.25, 0.3) is 5.91 Å².